The number of carbonyl (C=O) groups is 2. The summed E-state index contributed by atoms with van der Waals surface area (Å²) < 4.78 is 7.12. The number of hydrogen-bond acceptors (Lipinski definition) is 4. The van der Waals surface area contributed by atoms with Crippen LogP contribution in [0.4, 0.5) is 5.82 Å². The van der Waals surface area contributed by atoms with Crippen molar-refractivity contribution in [2.45, 2.75) is 33.1 Å². The van der Waals surface area contributed by atoms with Crippen molar-refractivity contribution in [2.75, 3.05) is 11.9 Å². The van der Waals surface area contributed by atoms with Gasteiger partial charge in [-0.3, -0.25) is 9.59 Å². The fourth-order valence-corrected chi connectivity index (χ4v) is 4.02. The maximum absolute atomic E-state index is 13.3. The highest BCUT2D eigenvalue weighted by atomic mass is 35.5. The Labute approximate surface area is 179 Å². The van der Waals surface area contributed by atoms with Crippen LogP contribution in [0.3, 0.4) is 0 Å². The molecule has 0 spiro atoms. The zero-order valence-electron chi connectivity index (χ0n) is 17.0. The topological polar surface area (TPSA) is 73.2 Å². The van der Waals surface area contributed by atoms with Crippen molar-refractivity contribution in [3.05, 3.63) is 69.9 Å². The molecule has 30 heavy (non-hydrogen) atoms. The van der Waals surface area contributed by atoms with Gasteiger partial charge in [-0.05, 0) is 62.7 Å². The van der Waals surface area contributed by atoms with Crippen molar-refractivity contribution in [1.82, 2.24) is 9.78 Å². The van der Waals surface area contributed by atoms with E-state index in [9.17, 15) is 9.59 Å². The summed E-state index contributed by atoms with van der Waals surface area (Å²) >= 11 is 6.28. The number of aryl methyl sites for hydroxylation is 1. The molecule has 6 nitrogen and oxygen atoms in total. The minimum Gasteiger partial charge on any atom is -0.494 e. The first kappa shape index (κ1) is 20.2. The van der Waals surface area contributed by atoms with Gasteiger partial charge in [0.05, 0.1) is 23.9 Å². The first-order valence-corrected chi connectivity index (χ1v) is 10.2. The Bertz CT molecular complexity index is 1140. The lowest BCUT2D eigenvalue weighted by molar-refractivity contribution is -0.116. The van der Waals surface area contributed by atoms with Gasteiger partial charge in [0, 0.05) is 22.6 Å². The van der Waals surface area contributed by atoms with E-state index < -0.39 is 5.92 Å². The number of carbonyl (C=O) groups excluding carboxylic acids is 2. The van der Waals surface area contributed by atoms with Crippen LogP contribution < -0.4 is 10.1 Å². The number of aromatic nitrogens is 2. The summed E-state index contributed by atoms with van der Waals surface area (Å²) in [6, 6.07) is 12.5. The molecule has 1 aliphatic heterocycles. The molecule has 1 amide bonds. The molecule has 154 valence electrons. The number of ketones is 1. The maximum atomic E-state index is 13.3. The minimum atomic E-state index is -0.597. The number of anilines is 1. The Morgan fingerprint density at radius 1 is 1.23 bits per heavy atom. The average molecular weight is 424 g/mol. The third kappa shape index (κ3) is 3.48. The molecule has 1 aromatic heterocycles. The van der Waals surface area contributed by atoms with Gasteiger partial charge in [0.25, 0.3) is 0 Å². The van der Waals surface area contributed by atoms with Crippen LogP contribution in [0.5, 0.6) is 5.75 Å². The molecular weight excluding hydrogens is 402 g/mol. The average Bonchev–Trinajstić information content (AvgIpc) is 3.06. The number of nitrogens with one attached hydrogen (secondary N) is 1. The van der Waals surface area contributed by atoms with Gasteiger partial charge in [0.15, 0.2) is 5.78 Å². The van der Waals surface area contributed by atoms with E-state index >= 15 is 0 Å². The number of halogens is 1. The first-order chi connectivity index (χ1) is 14.4. The molecule has 0 saturated heterocycles. The number of rotatable bonds is 5. The van der Waals surface area contributed by atoms with E-state index in [-0.39, 0.29) is 18.1 Å². The van der Waals surface area contributed by atoms with Crippen molar-refractivity contribution in [3.63, 3.8) is 0 Å². The van der Waals surface area contributed by atoms with Gasteiger partial charge in [0.2, 0.25) is 5.91 Å². The third-order valence-electron chi connectivity index (χ3n) is 5.34. The number of Topliss-reactive ketones (excluding diaryl/α,β-unsaturated/α-hetero) is 1. The Morgan fingerprint density at radius 2 is 1.97 bits per heavy atom. The fraction of sp³-hybridized carbons (Fsp3) is 0.261. The normalized spacial score (nSPS) is 15.5. The summed E-state index contributed by atoms with van der Waals surface area (Å²) in [6.45, 7) is 6.21. The number of nitrogens with zero attached hydrogens (tertiary/aromatic N) is 2. The number of fused-ring (bicyclic) bond motifs is 1. The standard InChI is InChI=1S/C23H22ClN3O3/c1-4-30-16-10-8-15(9-11-16)22(29)17-12-20(28)25-23-21(17)14(3)26-27(23)19-7-5-6-18(24)13(19)2/h5-11,17H,4,12H2,1-3H3,(H,25,28). The van der Waals surface area contributed by atoms with Crippen LogP contribution >= 0.6 is 11.6 Å². The number of ether oxygens (including phenoxy) is 1. The van der Waals surface area contributed by atoms with E-state index in [1.54, 1.807) is 35.0 Å². The molecule has 1 N–H and O–H groups in total. The number of benzene rings is 2. The van der Waals surface area contributed by atoms with Gasteiger partial charge in [0.1, 0.15) is 11.6 Å². The first-order valence-electron chi connectivity index (χ1n) is 9.82. The lowest BCUT2D eigenvalue weighted by atomic mass is 9.85. The predicted molar refractivity (Wildman–Crippen MR) is 116 cm³/mol. The van der Waals surface area contributed by atoms with E-state index in [0.29, 0.717) is 34.5 Å². The van der Waals surface area contributed by atoms with Crippen LogP contribution in [0, 0.1) is 13.8 Å². The van der Waals surface area contributed by atoms with E-state index in [1.807, 2.05) is 32.9 Å². The van der Waals surface area contributed by atoms with Crippen LogP contribution in [0.2, 0.25) is 5.02 Å². The van der Waals surface area contributed by atoms with Gasteiger partial charge >= 0.3 is 0 Å². The van der Waals surface area contributed by atoms with E-state index in [0.717, 1.165) is 16.8 Å². The molecule has 0 aliphatic carbocycles. The predicted octanol–water partition coefficient (Wildman–Crippen LogP) is 4.85. The summed E-state index contributed by atoms with van der Waals surface area (Å²) in [6.07, 6.45) is 0.0834. The molecule has 0 saturated carbocycles. The Morgan fingerprint density at radius 3 is 2.67 bits per heavy atom. The van der Waals surface area contributed by atoms with Crippen molar-refractivity contribution in [3.8, 4) is 11.4 Å². The molecule has 0 bridgehead atoms. The van der Waals surface area contributed by atoms with E-state index in [4.69, 9.17) is 16.3 Å². The maximum Gasteiger partial charge on any atom is 0.226 e. The van der Waals surface area contributed by atoms with Gasteiger partial charge in [-0.25, -0.2) is 4.68 Å². The SMILES string of the molecule is CCOc1ccc(C(=O)C2CC(=O)Nc3c2c(C)nn3-c2cccc(Cl)c2C)cc1. The monoisotopic (exact) mass is 423 g/mol. The summed E-state index contributed by atoms with van der Waals surface area (Å²) in [7, 11) is 0. The van der Waals surface area contributed by atoms with Crippen molar-refractivity contribution >= 4 is 29.1 Å². The Kier molecular flexibility index (Phi) is 5.35. The molecule has 1 aliphatic rings. The van der Waals surface area contributed by atoms with Gasteiger partial charge in [-0.1, -0.05) is 17.7 Å². The van der Waals surface area contributed by atoms with Crippen LogP contribution in [-0.2, 0) is 4.79 Å². The molecule has 0 radical (unpaired) electrons. The van der Waals surface area contributed by atoms with Gasteiger partial charge in [-0.15, -0.1) is 0 Å². The molecule has 2 aromatic carbocycles. The molecule has 0 fully saturated rings. The minimum absolute atomic E-state index is 0.0834. The number of amides is 1. The highest BCUT2D eigenvalue weighted by Crippen LogP contribution is 2.39. The zero-order chi connectivity index (χ0) is 21.4. The molecule has 1 unspecified atom stereocenters. The molecule has 4 rings (SSSR count). The summed E-state index contributed by atoms with van der Waals surface area (Å²) in [5, 5.41) is 8.15. The van der Waals surface area contributed by atoms with Crippen LogP contribution in [0.1, 0.15) is 46.4 Å². The highest BCUT2D eigenvalue weighted by molar-refractivity contribution is 6.31. The smallest absolute Gasteiger partial charge is 0.226 e. The summed E-state index contributed by atoms with van der Waals surface area (Å²) in [5.74, 6) is 0.308. The zero-order valence-corrected chi connectivity index (χ0v) is 17.8. The lowest BCUT2D eigenvalue weighted by Gasteiger charge is -2.23. The molecule has 3 aromatic rings. The second-order valence-corrected chi connectivity index (χ2v) is 7.68. The van der Waals surface area contributed by atoms with Gasteiger partial charge in [-0.2, -0.15) is 5.10 Å². The number of hydrogen-bond donors (Lipinski definition) is 1. The summed E-state index contributed by atoms with van der Waals surface area (Å²) in [4.78, 5) is 25.8. The molecule has 7 heteroatoms. The van der Waals surface area contributed by atoms with Crippen molar-refractivity contribution in [1.29, 1.82) is 0 Å². The van der Waals surface area contributed by atoms with Crippen LogP contribution in [0.15, 0.2) is 42.5 Å². The van der Waals surface area contributed by atoms with Crippen molar-refractivity contribution in [2.24, 2.45) is 0 Å². The van der Waals surface area contributed by atoms with E-state index in [1.165, 1.54) is 0 Å². The third-order valence-corrected chi connectivity index (χ3v) is 5.75. The molecule has 2 heterocycles. The fourth-order valence-electron chi connectivity index (χ4n) is 3.85. The van der Waals surface area contributed by atoms with Crippen LogP contribution in [-0.4, -0.2) is 28.1 Å². The summed E-state index contributed by atoms with van der Waals surface area (Å²) in [5.41, 5.74) is 3.59. The van der Waals surface area contributed by atoms with Crippen molar-refractivity contribution < 1.29 is 14.3 Å². The lowest BCUT2D eigenvalue weighted by Crippen LogP contribution is -2.28. The highest BCUT2D eigenvalue weighted by Gasteiger charge is 2.36. The van der Waals surface area contributed by atoms with E-state index in [2.05, 4.69) is 10.4 Å². The largest absolute Gasteiger partial charge is 0.494 e. The second-order valence-electron chi connectivity index (χ2n) is 7.27. The molecular formula is C23H22ClN3O3. The molecule has 1 atom stereocenters. The Hall–Kier alpha value is -3.12. The second kappa shape index (κ2) is 7.95. The quantitative estimate of drug-likeness (QED) is 0.595. The van der Waals surface area contributed by atoms with Gasteiger partial charge < -0.3 is 10.1 Å². The Balaban J connectivity index is 1.77. The van der Waals surface area contributed by atoms with Crippen LogP contribution in [0.25, 0.3) is 5.69 Å².